The molecule has 0 atom stereocenters. The molecular weight excluding hydrogens is 376 g/mol. The van der Waals surface area contributed by atoms with Gasteiger partial charge >= 0.3 is 0 Å². The number of aryl methyl sites for hydroxylation is 4. The summed E-state index contributed by atoms with van der Waals surface area (Å²) in [5, 5.41) is 4.28. The molecule has 0 aliphatic carbocycles. The summed E-state index contributed by atoms with van der Waals surface area (Å²) in [6.07, 6.45) is 0.176. The van der Waals surface area contributed by atoms with Crippen molar-refractivity contribution in [3.05, 3.63) is 68.5 Å². The quantitative estimate of drug-likeness (QED) is 0.682. The lowest BCUT2D eigenvalue weighted by Crippen LogP contribution is -2.24. The van der Waals surface area contributed by atoms with Gasteiger partial charge in [-0.15, -0.1) is 0 Å². The molecule has 0 aliphatic heterocycles. The predicted octanol–water partition coefficient (Wildman–Crippen LogP) is 4.62. The van der Waals surface area contributed by atoms with Gasteiger partial charge in [-0.2, -0.15) is 0 Å². The zero-order valence-electron chi connectivity index (χ0n) is 16.4. The van der Waals surface area contributed by atoms with Crippen LogP contribution in [0.1, 0.15) is 23.1 Å². The van der Waals surface area contributed by atoms with Crippen LogP contribution in [0, 0.1) is 20.8 Å². The van der Waals surface area contributed by atoms with E-state index < -0.39 is 0 Å². The van der Waals surface area contributed by atoms with E-state index in [1.807, 2.05) is 20.8 Å². The first kappa shape index (κ1) is 20.0. The predicted molar refractivity (Wildman–Crippen MR) is 114 cm³/mol. The van der Waals surface area contributed by atoms with E-state index in [1.165, 1.54) is 7.11 Å². The summed E-state index contributed by atoms with van der Waals surface area (Å²) < 4.78 is 6.79. The molecule has 6 heteroatoms. The van der Waals surface area contributed by atoms with Crippen molar-refractivity contribution in [1.82, 2.24) is 4.57 Å². The zero-order chi connectivity index (χ0) is 20.4. The standard InChI is InChI=1S/C22H23ClN2O3/c1-13-9-15(3)22-17(10-13)14(2)11-21(27)25(22)8-7-20(26)24-16-5-6-19(28-4)18(23)12-16/h5-6,9-12H,7-8H2,1-4H3,(H,24,26). The van der Waals surface area contributed by atoms with E-state index in [2.05, 4.69) is 17.4 Å². The molecule has 3 rings (SSSR count). The van der Waals surface area contributed by atoms with Gasteiger partial charge in [0.25, 0.3) is 5.56 Å². The smallest absolute Gasteiger partial charge is 0.251 e. The van der Waals surface area contributed by atoms with Crippen LogP contribution in [-0.4, -0.2) is 17.6 Å². The minimum atomic E-state index is -0.188. The minimum absolute atomic E-state index is 0.0998. The van der Waals surface area contributed by atoms with Crippen molar-refractivity contribution < 1.29 is 9.53 Å². The molecule has 2 aromatic carbocycles. The van der Waals surface area contributed by atoms with E-state index in [0.29, 0.717) is 23.0 Å². The fourth-order valence-corrected chi connectivity index (χ4v) is 3.73. The number of carbonyl (C=O) groups excluding carboxylic acids is 1. The molecule has 1 aromatic heterocycles. The van der Waals surface area contributed by atoms with Gasteiger partial charge in [0.05, 0.1) is 17.6 Å². The van der Waals surface area contributed by atoms with E-state index in [4.69, 9.17) is 16.3 Å². The van der Waals surface area contributed by atoms with Crippen LogP contribution in [0.2, 0.25) is 5.02 Å². The average molecular weight is 399 g/mol. The second-order valence-electron chi connectivity index (χ2n) is 6.94. The summed E-state index contributed by atoms with van der Waals surface area (Å²) in [5.74, 6) is 0.356. The number of pyridine rings is 1. The first-order chi connectivity index (χ1) is 13.3. The molecule has 0 unspecified atom stereocenters. The molecule has 0 saturated heterocycles. The van der Waals surface area contributed by atoms with Crippen molar-refractivity contribution in [1.29, 1.82) is 0 Å². The maximum absolute atomic E-state index is 12.6. The molecule has 0 spiro atoms. The third kappa shape index (κ3) is 4.04. The molecule has 0 bridgehead atoms. The number of anilines is 1. The van der Waals surface area contributed by atoms with Gasteiger partial charge in [0.1, 0.15) is 5.75 Å². The normalized spacial score (nSPS) is 10.9. The Kier molecular flexibility index (Phi) is 5.75. The van der Waals surface area contributed by atoms with Crippen molar-refractivity contribution in [3.63, 3.8) is 0 Å². The number of nitrogens with one attached hydrogen (secondary N) is 1. The lowest BCUT2D eigenvalue weighted by atomic mass is 10.0. The summed E-state index contributed by atoms with van der Waals surface area (Å²) in [5.41, 5.74) is 4.49. The fraction of sp³-hybridized carbons (Fsp3) is 0.273. The Labute approximate surface area is 168 Å². The van der Waals surface area contributed by atoms with Gasteiger partial charge < -0.3 is 14.6 Å². The van der Waals surface area contributed by atoms with E-state index in [1.54, 1.807) is 28.8 Å². The van der Waals surface area contributed by atoms with E-state index >= 15 is 0 Å². The lowest BCUT2D eigenvalue weighted by molar-refractivity contribution is -0.116. The number of fused-ring (bicyclic) bond motifs is 1. The van der Waals surface area contributed by atoms with Crippen LogP contribution in [0.15, 0.2) is 41.2 Å². The summed E-state index contributed by atoms with van der Waals surface area (Å²) in [6.45, 7) is 6.27. The Balaban J connectivity index is 1.83. The number of halogens is 1. The summed E-state index contributed by atoms with van der Waals surface area (Å²) in [6, 6.07) is 10.8. The lowest BCUT2D eigenvalue weighted by Gasteiger charge is -2.15. The maximum atomic E-state index is 12.6. The molecule has 0 saturated carbocycles. The molecule has 146 valence electrons. The fourth-order valence-electron chi connectivity index (χ4n) is 3.47. The van der Waals surface area contributed by atoms with Crippen LogP contribution in [0.3, 0.4) is 0 Å². The van der Waals surface area contributed by atoms with E-state index in [-0.39, 0.29) is 17.9 Å². The number of benzene rings is 2. The summed E-state index contributed by atoms with van der Waals surface area (Å²) in [7, 11) is 1.53. The second kappa shape index (κ2) is 8.07. The number of rotatable bonds is 5. The number of amides is 1. The SMILES string of the molecule is COc1ccc(NC(=O)CCn2c(=O)cc(C)c3cc(C)cc(C)c32)cc1Cl. The van der Waals surface area contributed by atoms with Gasteiger partial charge in [-0.3, -0.25) is 9.59 Å². The molecule has 0 fully saturated rings. The molecule has 1 amide bonds. The van der Waals surface area contributed by atoms with E-state index in [9.17, 15) is 9.59 Å². The van der Waals surface area contributed by atoms with Crippen LogP contribution in [0.4, 0.5) is 5.69 Å². The molecule has 3 aromatic rings. The Morgan fingerprint density at radius 2 is 1.86 bits per heavy atom. The highest BCUT2D eigenvalue weighted by Gasteiger charge is 2.12. The minimum Gasteiger partial charge on any atom is -0.495 e. The molecule has 1 N–H and O–H groups in total. The Morgan fingerprint density at radius 1 is 1.11 bits per heavy atom. The Bertz CT molecular complexity index is 1120. The summed E-state index contributed by atoms with van der Waals surface area (Å²) in [4.78, 5) is 25.0. The number of ether oxygens (including phenoxy) is 1. The topological polar surface area (TPSA) is 60.3 Å². The van der Waals surface area contributed by atoms with Crippen molar-refractivity contribution in [2.75, 3.05) is 12.4 Å². The number of aromatic nitrogens is 1. The molecular formula is C22H23ClN2O3. The highest BCUT2D eigenvalue weighted by molar-refractivity contribution is 6.32. The number of carbonyl (C=O) groups is 1. The van der Waals surface area contributed by atoms with Gasteiger partial charge in [-0.1, -0.05) is 23.2 Å². The molecule has 5 nitrogen and oxygen atoms in total. The Hall–Kier alpha value is -2.79. The van der Waals surface area contributed by atoms with Crippen LogP contribution in [0.5, 0.6) is 5.75 Å². The third-order valence-corrected chi connectivity index (χ3v) is 5.04. The van der Waals surface area contributed by atoms with Gasteiger partial charge in [-0.25, -0.2) is 0 Å². The van der Waals surface area contributed by atoms with Crippen LogP contribution in [0.25, 0.3) is 10.9 Å². The number of nitrogens with zero attached hydrogens (tertiary/aromatic N) is 1. The monoisotopic (exact) mass is 398 g/mol. The van der Waals surface area contributed by atoms with Gasteiger partial charge in [0.15, 0.2) is 0 Å². The van der Waals surface area contributed by atoms with Crippen molar-refractivity contribution in [3.8, 4) is 5.75 Å². The van der Waals surface area contributed by atoms with Crippen molar-refractivity contribution >= 4 is 34.1 Å². The van der Waals surface area contributed by atoms with Gasteiger partial charge in [0.2, 0.25) is 5.91 Å². The molecule has 28 heavy (non-hydrogen) atoms. The van der Waals surface area contributed by atoms with Crippen LogP contribution >= 0.6 is 11.6 Å². The van der Waals surface area contributed by atoms with Crippen molar-refractivity contribution in [2.45, 2.75) is 33.7 Å². The molecule has 0 radical (unpaired) electrons. The number of hydrogen-bond acceptors (Lipinski definition) is 3. The van der Waals surface area contributed by atoms with E-state index in [0.717, 1.165) is 27.6 Å². The number of methoxy groups -OCH3 is 1. The first-order valence-electron chi connectivity index (χ1n) is 9.05. The van der Waals surface area contributed by atoms with Crippen LogP contribution in [-0.2, 0) is 11.3 Å². The maximum Gasteiger partial charge on any atom is 0.251 e. The highest BCUT2D eigenvalue weighted by atomic mass is 35.5. The van der Waals surface area contributed by atoms with Crippen LogP contribution < -0.4 is 15.6 Å². The second-order valence-corrected chi connectivity index (χ2v) is 7.35. The highest BCUT2D eigenvalue weighted by Crippen LogP contribution is 2.27. The number of hydrogen-bond donors (Lipinski definition) is 1. The first-order valence-corrected chi connectivity index (χ1v) is 9.42. The molecule has 1 heterocycles. The molecule has 0 aliphatic rings. The average Bonchev–Trinajstić information content (AvgIpc) is 2.62. The summed E-state index contributed by atoms with van der Waals surface area (Å²) >= 11 is 6.10. The van der Waals surface area contributed by atoms with Crippen molar-refractivity contribution in [2.24, 2.45) is 0 Å². The largest absolute Gasteiger partial charge is 0.495 e. The zero-order valence-corrected chi connectivity index (χ0v) is 17.2. The Morgan fingerprint density at radius 3 is 2.54 bits per heavy atom. The van der Waals surface area contributed by atoms with Gasteiger partial charge in [-0.05, 0) is 56.2 Å². The van der Waals surface area contributed by atoms with Gasteiger partial charge in [0, 0.05) is 30.1 Å². The third-order valence-electron chi connectivity index (χ3n) is 4.74.